The second-order valence-electron chi connectivity index (χ2n) is 10.5. The zero-order valence-electron chi connectivity index (χ0n) is 24.0. The Kier molecular flexibility index (Phi) is 11.6. The molecule has 1 aromatic heterocycles. The van der Waals surface area contributed by atoms with E-state index in [1.807, 2.05) is 13.8 Å². The molecule has 0 radical (unpaired) electrons. The number of aromatic nitrogens is 2. The average Bonchev–Trinajstić information content (AvgIpc) is 3.50. The first-order valence-electron chi connectivity index (χ1n) is 13.9. The maximum atomic E-state index is 13.6. The number of imidazole rings is 1. The highest BCUT2D eigenvalue weighted by molar-refractivity contribution is 5.94. The number of nitrogens with two attached hydrogens (primary N) is 1. The maximum absolute atomic E-state index is 13.6. The lowest BCUT2D eigenvalue weighted by Crippen LogP contribution is -2.58. The van der Waals surface area contributed by atoms with Gasteiger partial charge in [-0.2, -0.15) is 0 Å². The van der Waals surface area contributed by atoms with Crippen molar-refractivity contribution in [1.82, 2.24) is 25.9 Å². The van der Waals surface area contributed by atoms with E-state index in [4.69, 9.17) is 5.73 Å². The van der Waals surface area contributed by atoms with E-state index in [0.29, 0.717) is 23.2 Å². The summed E-state index contributed by atoms with van der Waals surface area (Å²) in [5.74, 6) is -3.41. The number of aromatic hydroxyl groups is 2. The number of carboxylic acids is 1. The molecule has 0 bridgehead atoms. The van der Waals surface area contributed by atoms with E-state index in [2.05, 4.69) is 25.9 Å². The molecule has 2 aromatic carbocycles. The molecule has 3 rings (SSSR count). The normalized spacial score (nSPS) is 14.5. The van der Waals surface area contributed by atoms with Crippen LogP contribution < -0.4 is 21.7 Å². The number of H-pyrrole nitrogens is 1. The second kappa shape index (κ2) is 15.4. The van der Waals surface area contributed by atoms with Gasteiger partial charge in [0.2, 0.25) is 17.7 Å². The van der Waals surface area contributed by atoms with Crippen LogP contribution in [0.3, 0.4) is 0 Å². The fourth-order valence-corrected chi connectivity index (χ4v) is 4.30. The third-order valence-corrected chi connectivity index (χ3v) is 7.17. The molecule has 9 N–H and O–H groups in total. The minimum Gasteiger partial charge on any atom is -0.508 e. The fraction of sp³-hybridized carbons (Fsp3) is 0.367. The summed E-state index contributed by atoms with van der Waals surface area (Å²) < 4.78 is 0. The lowest BCUT2D eigenvalue weighted by atomic mass is 9.98. The summed E-state index contributed by atoms with van der Waals surface area (Å²) in [6.45, 7) is 3.72. The van der Waals surface area contributed by atoms with Gasteiger partial charge < -0.3 is 42.0 Å². The van der Waals surface area contributed by atoms with Crippen molar-refractivity contribution in [2.75, 3.05) is 0 Å². The van der Waals surface area contributed by atoms with Crippen LogP contribution in [-0.4, -0.2) is 73.1 Å². The van der Waals surface area contributed by atoms with Crippen molar-refractivity contribution in [2.45, 2.75) is 63.7 Å². The van der Waals surface area contributed by atoms with E-state index in [-0.39, 0.29) is 36.7 Å². The predicted octanol–water partition coefficient (Wildman–Crippen LogP) is 0.761. The molecular weight excluding hydrogens is 556 g/mol. The van der Waals surface area contributed by atoms with Crippen molar-refractivity contribution in [3.63, 3.8) is 0 Å². The third kappa shape index (κ3) is 9.85. The summed E-state index contributed by atoms with van der Waals surface area (Å²) in [6, 6.07) is 7.30. The number of hydrogen-bond acceptors (Lipinski definition) is 8. The Hall–Kier alpha value is -4.91. The summed E-state index contributed by atoms with van der Waals surface area (Å²) in [6.07, 6.45) is 3.49. The van der Waals surface area contributed by atoms with Crippen molar-refractivity contribution in [1.29, 1.82) is 0 Å². The molecule has 0 fully saturated rings. The molecule has 0 saturated carbocycles. The fourth-order valence-electron chi connectivity index (χ4n) is 4.30. The number of phenolic OH excluding ortho intramolecular Hbond substituents is 2. The third-order valence-electron chi connectivity index (χ3n) is 7.17. The summed E-state index contributed by atoms with van der Waals surface area (Å²) in [5.41, 5.74) is 7.79. The Morgan fingerprint density at radius 2 is 1.26 bits per heavy atom. The number of nitrogens with zero attached hydrogens (tertiary/aromatic N) is 1. The number of hydrogen-bond donors (Lipinski definition) is 8. The first kappa shape index (κ1) is 32.6. The average molecular weight is 595 g/mol. The van der Waals surface area contributed by atoms with Gasteiger partial charge in [0.25, 0.3) is 0 Å². The molecule has 5 unspecified atom stereocenters. The lowest BCUT2D eigenvalue weighted by molar-refractivity contribution is -0.142. The molecule has 230 valence electrons. The molecule has 1 heterocycles. The Balaban J connectivity index is 1.84. The first-order valence-corrected chi connectivity index (χ1v) is 13.9. The van der Waals surface area contributed by atoms with E-state index in [9.17, 15) is 34.5 Å². The number of carboxylic acid groups (broad SMARTS) is 1. The monoisotopic (exact) mass is 594 g/mol. The highest BCUT2D eigenvalue weighted by Gasteiger charge is 2.31. The van der Waals surface area contributed by atoms with Crippen molar-refractivity contribution >= 4 is 23.7 Å². The Morgan fingerprint density at radius 1 is 0.791 bits per heavy atom. The minimum absolute atomic E-state index is 0.00797. The quantitative estimate of drug-likeness (QED) is 0.124. The van der Waals surface area contributed by atoms with Gasteiger partial charge in [-0.25, -0.2) is 9.78 Å². The molecular formula is C30H38N6O7. The number of amides is 3. The van der Waals surface area contributed by atoms with Crippen molar-refractivity contribution in [3.05, 3.63) is 77.9 Å². The lowest BCUT2D eigenvalue weighted by Gasteiger charge is -2.26. The molecule has 3 aromatic rings. The Labute approximate surface area is 248 Å². The standard InChI is InChI=1S/C30H38N6O7/c1-3-17(2)26(31)29(41)35-24(14-20-15-32-16-33-20)28(40)34-23(12-18-4-8-21(37)9-5-18)27(39)36-25(30(42)43)13-19-6-10-22(38)11-7-19/h4-11,15-17,23-26,37-38H,3,12-14,31H2,1-2H3,(H,32,33)(H,34,40)(H,35,41)(H,36,39)(H,42,43). The van der Waals surface area contributed by atoms with Crippen molar-refractivity contribution in [2.24, 2.45) is 11.7 Å². The number of aromatic amines is 1. The number of carbonyl (C=O) groups excluding carboxylic acids is 3. The summed E-state index contributed by atoms with van der Waals surface area (Å²) >= 11 is 0. The summed E-state index contributed by atoms with van der Waals surface area (Å²) in [4.78, 5) is 58.9. The van der Waals surface area contributed by atoms with E-state index < -0.39 is 47.9 Å². The molecule has 0 aliphatic carbocycles. The largest absolute Gasteiger partial charge is 0.508 e. The number of rotatable bonds is 15. The molecule has 0 aliphatic rings. The molecule has 5 atom stereocenters. The Morgan fingerprint density at radius 3 is 1.72 bits per heavy atom. The van der Waals surface area contributed by atoms with Gasteiger partial charge in [-0.05, 0) is 41.3 Å². The van der Waals surface area contributed by atoms with Gasteiger partial charge in [0.05, 0.1) is 12.4 Å². The van der Waals surface area contributed by atoms with E-state index in [0.717, 1.165) is 0 Å². The van der Waals surface area contributed by atoms with Crippen LogP contribution in [0.2, 0.25) is 0 Å². The van der Waals surface area contributed by atoms with Gasteiger partial charge in [-0.1, -0.05) is 44.5 Å². The molecule has 0 saturated heterocycles. The first-order chi connectivity index (χ1) is 20.5. The molecule has 13 nitrogen and oxygen atoms in total. The van der Waals surface area contributed by atoms with Gasteiger partial charge >= 0.3 is 5.97 Å². The van der Waals surface area contributed by atoms with Crippen LogP contribution in [0.25, 0.3) is 0 Å². The topological polar surface area (TPSA) is 220 Å². The molecule has 0 aliphatic heterocycles. The van der Waals surface area contributed by atoms with Gasteiger partial charge in [0.1, 0.15) is 29.6 Å². The van der Waals surface area contributed by atoms with Crippen LogP contribution in [-0.2, 0) is 38.4 Å². The number of carbonyl (C=O) groups is 4. The van der Waals surface area contributed by atoms with Crippen LogP contribution in [0.1, 0.15) is 37.1 Å². The van der Waals surface area contributed by atoms with E-state index >= 15 is 0 Å². The van der Waals surface area contributed by atoms with E-state index in [1.165, 1.54) is 36.8 Å². The van der Waals surface area contributed by atoms with Crippen molar-refractivity contribution < 1.29 is 34.5 Å². The van der Waals surface area contributed by atoms with Crippen LogP contribution in [0.15, 0.2) is 61.1 Å². The summed E-state index contributed by atoms with van der Waals surface area (Å²) in [7, 11) is 0. The maximum Gasteiger partial charge on any atom is 0.326 e. The van der Waals surface area contributed by atoms with Gasteiger partial charge in [-0.15, -0.1) is 0 Å². The van der Waals surface area contributed by atoms with Crippen LogP contribution >= 0.6 is 0 Å². The van der Waals surface area contributed by atoms with E-state index in [1.54, 1.807) is 24.3 Å². The van der Waals surface area contributed by atoms with Gasteiger partial charge in [0.15, 0.2) is 0 Å². The minimum atomic E-state index is -1.34. The molecule has 3 amide bonds. The molecule has 13 heteroatoms. The number of aliphatic carboxylic acids is 1. The van der Waals surface area contributed by atoms with Crippen LogP contribution in [0.5, 0.6) is 11.5 Å². The Bertz CT molecular complexity index is 1360. The smallest absolute Gasteiger partial charge is 0.326 e. The zero-order valence-corrected chi connectivity index (χ0v) is 24.0. The highest BCUT2D eigenvalue weighted by atomic mass is 16.4. The van der Waals surface area contributed by atoms with Crippen molar-refractivity contribution in [3.8, 4) is 11.5 Å². The van der Waals surface area contributed by atoms with Crippen LogP contribution in [0, 0.1) is 5.92 Å². The van der Waals surface area contributed by atoms with Gasteiger partial charge in [0, 0.05) is 31.2 Å². The summed E-state index contributed by atoms with van der Waals surface area (Å²) in [5, 5.41) is 36.9. The number of nitrogens with one attached hydrogen (secondary N) is 4. The van der Waals surface area contributed by atoms with Gasteiger partial charge in [-0.3, -0.25) is 14.4 Å². The predicted molar refractivity (Wildman–Crippen MR) is 157 cm³/mol. The zero-order chi connectivity index (χ0) is 31.5. The molecule has 43 heavy (non-hydrogen) atoms. The second-order valence-corrected chi connectivity index (χ2v) is 10.5. The highest BCUT2D eigenvalue weighted by Crippen LogP contribution is 2.14. The van der Waals surface area contributed by atoms with Crippen LogP contribution in [0.4, 0.5) is 0 Å². The SMILES string of the molecule is CCC(C)C(N)C(=O)NC(Cc1cnc[nH]1)C(=O)NC(Cc1ccc(O)cc1)C(=O)NC(Cc1ccc(O)cc1)C(=O)O. The molecule has 0 spiro atoms. The number of phenols is 2. The number of benzene rings is 2.